The summed E-state index contributed by atoms with van der Waals surface area (Å²) in [4.78, 5) is 13.0. The maximum absolute atomic E-state index is 13.0. The van der Waals surface area contributed by atoms with Crippen LogP contribution in [0, 0.1) is 0 Å². The number of allylic oxidation sites excluding steroid dienone is 13. The molecule has 7 atom stereocenters. The highest BCUT2D eigenvalue weighted by molar-refractivity contribution is 5.76. The highest BCUT2D eigenvalue weighted by Gasteiger charge is 2.44. The predicted octanol–water partition coefficient (Wildman–Crippen LogP) is 15.8. The lowest BCUT2D eigenvalue weighted by molar-refractivity contribution is -0.302. The summed E-state index contributed by atoms with van der Waals surface area (Å²) in [5, 5.41) is 54.2. The molecule has 1 aliphatic rings. The molecule has 0 saturated carbocycles. The van der Waals surface area contributed by atoms with Crippen molar-refractivity contribution in [1.29, 1.82) is 0 Å². The van der Waals surface area contributed by atoms with E-state index in [-0.39, 0.29) is 12.5 Å². The van der Waals surface area contributed by atoms with Gasteiger partial charge in [-0.1, -0.05) is 266 Å². The van der Waals surface area contributed by atoms with E-state index in [0.29, 0.717) is 6.42 Å². The normalized spacial score (nSPS) is 19.6. The highest BCUT2D eigenvalue weighted by Crippen LogP contribution is 2.23. The Morgan fingerprint density at radius 2 is 0.811 bits per heavy atom. The first-order valence-corrected chi connectivity index (χ1v) is 30.8. The van der Waals surface area contributed by atoms with Gasteiger partial charge in [0, 0.05) is 6.42 Å². The maximum Gasteiger partial charge on any atom is 0.220 e. The van der Waals surface area contributed by atoms with Crippen molar-refractivity contribution in [2.75, 3.05) is 13.2 Å². The van der Waals surface area contributed by atoms with Gasteiger partial charge in [0.1, 0.15) is 24.4 Å². The first-order valence-electron chi connectivity index (χ1n) is 30.8. The second-order valence-corrected chi connectivity index (χ2v) is 21.1. The van der Waals surface area contributed by atoms with Gasteiger partial charge in [-0.25, -0.2) is 0 Å². The lowest BCUT2D eigenvalue weighted by atomic mass is 9.99. The summed E-state index contributed by atoms with van der Waals surface area (Å²) in [6.07, 6.45) is 70.1. The standard InChI is InChI=1S/C65H115NO8/c1-3-5-7-9-11-13-15-16-17-18-19-20-21-22-23-24-25-26-27-28-29-30-31-32-33-34-35-36-37-38-39-40-41-42-43-44-45-47-49-51-53-55-61(69)66-58(57-73-65-64(72)63(71)62(70)60(56-67)74-65)59(68)54-52-50-48-46-14-12-10-8-6-4-2/h5-8,11,13-14,16-17,19-20,46,52,54,58-60,62-65,67-68,70-72H,3-4,9-10,12,15,18,21-45,47-51,53,55-57H2,1-2H3,(H,66,69)/b7-5-,8-6+,13-11-,17-16-,20-19-,46-14+,54-52+. The summed E-state index contributed by atoms with van der Waals surface area (Å²) in [7, 11) is 0. The van der Waals surface area contributed by atoms with Crippen LogP contribution in [-0.4, -0.2) is 87.5 Å². The third-order valence-electron chi connectivity index (χ3n) is 14.2. The number of hydrogen-bond donors (Lipinski definition) is 6. The topological polar surface area (TPSA) is 149 Å². The minimum atomic E-state index is -1.57. The number of carbonyl (C=O) groups is 1. The van der Waals surface area contributed by atoms with E-state index in [4.69, 9.17) is 9.47 Å². The smallest absolute Gasteiger partial charge is 0.220 e. The fraction of sp³-hybridized carbons (Fsp3) is 0.769. The Hall–Kier alpha value is -2.63. The molecule has 0 aromatic carbocycles. The van der Waals surface area contributed by atoms with Crippen LogP contribution in [0.5, 0.6) is 0 Å². The minimum absolute atomic E-state index is 0.191. The number of unbranched alkanes of at least 4 members (excludes halogenated alkanes) is 30. The van der Waals surface area contributed by atoms with E-state index in [1.54, 1.807) is 6.08 Å². The van der Waals surface area contributed by atoms with Gasteiger partial charge < -0.3 is 40.3 Å². The van der Waals surface area contributed by atoms with Crippen LogP contribution < -0.4 is 5.32 Å². The molecule has 428 valence electrons. The van der Waals surface area contributed by atoms with Gasteiger partial charge in [-0.2, -0.15) is 0 Å². The van der Waals surface area contributed by atoms with E-state index in [1.165, 1.54) is 167 Å². The molecule has 0 radical (unpaired) electrons. The molecule has 74 heavy (non-hydrogen) atoms. The summed E-state index contributed by atoms with van der Waals surface area (Å²) in [6, 6.07) is -0.827. The van der Waals surface area contributed by atoms with E-state index in [0.717, 1.165) is 77.0 Å². The largest absolute Gasteiger partial charge is 0.394 e. The van der Waals surface area contributed by atoms with E-state index in [2.05, 4.69) is 92.1 Å². The van der Waals surface area contributed by atoms with Crippen molar-refractivity contribution >= 4 is 5.91 Å². The Labute approximate surface area is 454 Å². The second kappa shape index (κ2) is 53.8. The molecule has 0 aromatic rings. The maximum atomic E-state index is 13.0. The van der Waals surface area contributed by atoms with Gasteiger partial charge in [0.15, 0.2) is 6.29 Å². The Kier molecular flexibility index (Phi) is 50.4. The molecule has 0 bridgehead atoms. The molecule has 0 aromatic heterocycles. The first-order chi connectivity index (χ1) is 36.3. The average molecular weight is 1040 g/mol. The minimum Gasteiger partial charge on any atom is -0.394 e. The summed E-state index contributed by atoms with van der Waals surface area (Å²) in [6.45, 7) is 3.52. The summed E-state index contributed by atoms with van der Waals surface area (Å²) >= 11 is 0. The molecule has 1 amide bonds. The number of rotatable bonds is 52. The molecule has 1 rings (SSSR count). The zero-order valence-electron chi connectivity index (χ0n) is 47.6. The van der Waals surface area contributed by atoms with Crippen molar-refractivity contribution in [3.8, 4) is 0 Å². The van der Waals surface area contributed by atoms with Crippen LogP contribution in [0.1, 0.15) is 264 Å². The molecule has 6 N–H and O–H groups in total. The quantitative estimate of drug-likeness (QED) is 0.0261. The van der Waals surface area contributed by atoms with Crippen LogP contribution in [0.25, 0.3) is 0 Å². The zero-order valence-corrected chi connectivity index (χ0v) is 47.6. The molecule has 1 aliphatic heterocycles. The molecule has 7 unspecified atom stereocenters. The molecule has 0 aliphatic carbocycles. The predicted molar refractivity (Wildman–Crippen MR) is 313 cm³/mol. The summed E-state index contributed by atoms with van der Waals surface area (Å²) < 4.78 is 11.2. The Balaban J connectivity index is 1.99. The summed E-state index contributed by atoms with van der Waals surface area (Å²) in [5.41, 5.74) is 0. The number of ether oxygens (including phenoxy) is 2. The van der Waals surface area contributed by atoms with Crippen molar-refractivity contribution in [3.63, 3.8) is 0 Å². The average Bonchev–Trinajstić information content (AvgIpc) is 3.40. The Bertz CT molecular complexity index is 1440. The number of hydrogen-bond acceptors (Lipinski definition) is 8. The first kappa shape index (κ1) is 69.4. The van der Waals surface area contributed by atoms with E-state index < -0.39 is 49.5 Å². The van der Waals surface area contributed by atoms with Gasteiger partial charge in [0.25, 0.3) is 0 Å². The van der Waals surface area contributed by atoms with Crippen LogP contribution in [0.2, 0.25) is 0 Å². The van der Waals surface area contributed by atoms with Crippen molar-refractivity contribution < 1.29 is 39.8 Å². The zero-order chi connectivity index (χ0) is 53.6. The van der Waals surface area contributed by atoms with Gasteiger partial charge in [-0.05, 0) is 77.0 Å². The second-order valence-electron chi connectivity index (χ2n) is 21.1. The van der Waals surface area contributed by atoms with Crippen molar-refractivity contribution in [2.45, 2.75) is 307 Å². The van der Waals surface area contributed by atoms with E-state index >= 15 is 0 Å². The molecule has 0 spiro atoms. The number of nitrogens with one attached hydrogen (secondary N) is 1. The van der Waals surface area contributed by atoms with Crippen LogP contribution >= 0.6 is 0 Å². The van der Waals surface area contributed by atoms with Gasteiger partial charge in [-0.15, -0.1) is 0 Å². The van der Waals surface area contributed by atoms with Gasteiger partial charge in [0.05, 0.1) is 25.4 Å². The van der Waals surface area contributed by atoms with Crippen LogP contribution in [0.15, 0.2) is 85.1 Å². The van der Waals surface area contributed by atoms with Crippen molar-refractivity contribution in [3.05, 3.63) is 85.1 Å². The van der Waals surface area contributed by atoms with E-state index in [9.17, 15) is 30.3 Å². The SMILES string of the molecule is CC/C=C\C/C=C\C/C=C\C/C=C\CCCCCCCCCCCCCCCCCCCCCCCCCCCCCCC(=O)NC(COC1OC(CO)C(O)C(O)C1O)C(O)/C=C/CC/C=C/CC/C=C/CC. The number of amides is 1. The molecule has 1 heterocycles. The molecular formula is C65H115NO8. The number of aliphatic hydroxyl groups is 5. The van der Waals surface area contributed by atoms with Crippen LogP contribution in [0.3, 0.4) is 0 Å². The number of aliphatic hydroxyl groups excluding tert-OH is 5. The van der Waals surface area contributed by atoms with Crippen LogP contribution in [0.4, 0.5) is 0 Å². The highest BCUT2D eigenvalue weighted by atomic mass is 16.7. The van der Waals surface area contributed by atoms with Gasteiger partial charge >= 0.3 is 0 Å². The van der Waals surface area contributed by atoms with Crippen molar-refractivity contribution in [2.24, 2.45) is 0 Å². The number of carbonyl (C=O) groups excluding carboxylic acids is 1. The Morgan fingerprint density at radius 1 is 0.459 bits per heavy atom. The third kappa shape index (κ3) is 42.5. The molecule has 1 saturated heterocycles. The fourth-order valence-corrected chi connectivity index (χ4v) is 9.42. The molecular weight excluding hydrogens is 923 g/mol. The Morgan fingerprint density at radius 3 is 1.24 bits per heavy atom. The van der Waals surface area contributed by atoms with Gasteiger partial charge in [0.2, 0.25) is 5.91 Å². The van der Waals surface area contributed by atoms with Gasteiger partial charge in [-0.3, -0.25) is 4.79 Å². The fourth-order valence-electron chi connectivity index (χ4n) is 9.42. The van der Waals surface area contributed by atoms with Crippen molar-refractivity contribution in [1.82, 2.24) is 5.32 Å². The lowest BCUT2D eigenvalue weighted by Gasteiger charge is -2.40. The molecule has 9 nitrogen and oxygen atoms in total. The monoisotopic (exact) mass is 1040 g/mol. The van der Waals surface area contributed by atoms with Crippen LogP contribution in [-0.2, 0) is 14.3 Å². The lowest BCUT2D eigenvalue weighted by Crippen LogP contribution is -2.60. The third-order valence-corrected chi connectivity index (χ3v) is 14.2. The molecule has 9 heteroatoms. The molecule has 1 fully saturated rings. The summed E-state index contributed by atoms with van der Waals surface area (Å²) in [5.74, 6) is -0.191. The van der Waals surface area contributed by atoms with E-state index in [1.807, 2.05) is 6.08 Å².